The summed E-state index contributed by atoms with van der Waals surface area (Å²) < 4.78 is 5.16. The Balaban J connectivity index is 1.32. The van der Waals surface area contributed by atoms with Gasteiger partial charge in [0.25, 0.3) is 0 Å². The molecule has 1 aliphatic heterocycles. The number of hydrogen-bond donors (Lipinski definition) is 3. The Morgan fingerprint density at radius 1 is 1.19 bits per heavy atom. The lowest BCUT2D eigenvalue weighted by Crippen LogP contribution is -2.41. The number of imidazole rings is 1. The summed E-state index contributed by atoms with van der Waals surface area (Å²) in [5.74, 6) is 0.816. The van der Waals surface area contributed by atoms with E-state index in [1.807, 2.05) is 24.3 Å². The maximum Gasteiger partial charge on any atom is 0.223 e. The Kier molecular flexibility index (Phi) is 7.39. The van der Waals surface area contributed by atoms with Crippen LogP contribution in [0, 0.1) is 5.92 Å². The van der Waals surface area contributed by atoms with Crippen LogP contribution in [0.15, 0.2) is 47.9 Å². The Bertz CT molecular complexity index is 1230. The number of methoxy groups -OCH3 is 1. The molecule has 0 atom stereocenters. The Labute approximate surface area is 210 Å². The number of benzene rings is 1. The van der Waals surface area contributed by atoms with Gasteiger partial charge in [-0.25, -0.2) is 4.98 Å². The quantitative estimate of drug-likeness (QED) is 0.331. The molecule has 0 saturated carbocycles. The van der Waals surface area contributed by atoms with Gasteiger partial charge >= 0.3 is 0 Å². The number of aromatic amines is 1. The molecule has 2 aromatic heterocycles. The van der Waals surface area contributed by atoms with Gasteiger partial charge < -0.3 is 25.1 Å². The van der Waals surface area contributed by atoms with Crippen LogP contribution in [-0.4, -0.2) is 70.0 Å². The topological polar surface area (TPSA) is 116 Å². The summed E-state index contributed by atoms with van der Waals surface area (Å²) in [7, 11) is 1.71. The number of oxime groups is 1. The molecule has 36 heavy (non-hydrogen) atoms. The second kappa shape index (κ2) is 11.0. The molecule has 3 N–H and O–H groups in total. The van der Waals surface area contributed by atoms with Crippen LogP contribution < -0.4 is 5.32 Å². The average Bonchev–Trinajstić information content (AvgIpc) is 3.55. The van der Waals surface area contributed by atoms with E-state index in [0.29, 0.717) is 12.4 Å². The first-order chi connectivity index (χ1) is 17.7. The fourth-order valence-electron chi connectivity index (χ4n) is 5.12. The van der Waals surface area contributed by atoms with Crippen LogP contribution in [0.1, 0.15) is 36.2 Å². The minimum absolute atomic E-state index is 0.0250. The number of piperidine rings is 1. The first kappa shape index (κ1) is 24.1. The number of aryl methyl sites for hydroxylation is 1. The molecule has 0 unspecified atom stereocenters. The molecule has 3 heterocycles. The number of nitrogens with zero attached hydrogens (tertiary/aromatic N) is 4. The summed E-state index contributed by atoms with van der Waals surface area (Å²) >= 11 is 0. The molecular weight excluding hydrogens is 456 g/mol. The summed E-state index contributed by atoms with van der Waals surface area (Å²) in [5.41, 5.74) is 6.54. The fraction of sp³-hybridized carbons (Fsp3) is 0.407. The number of ether oxygens (including phenoxy) is 1. The van der Waals surface area contributed by atoms with Gasteiger partial charge in [-0.2, -0.15) is 0 Å². The van der Waals surface area contributed by atoms with Gasteiger partial charge in [-0.05, 0) is 62.5 Å². The van der Waals surface area contributed by atoms with Crippen LogP contribution in [0.4, 0.5) is 0 Å². The van der Waals surface area contributed by atoms with Gasteiger partial charge in [-0.1, -0.05) is 17.3 Å². The third-order valence-corrected chi connectivity index (χ3v) is 7.16. The highest BCUT2D eigenvalue weighted by Crippen LogP contribution is 2.33. The summed E-state index contributed by atoms with van der Waals surface area (Å²) in [6, 6.07) is 10.0. The molecule has 3 aromatic rings. The molecular formula is C27H32N6O3. The smallest absolute Gasteiger partial charge is 0.223 e. The van der Waals surface area contributed by atoms with Crippen molar-refractivity contribution in [2.75, 3.05) is 33.4 Å². The zero-order chi connectivity index (χ0) is 24.9. The van der Waals surface area contributed by atoms with Gasteiger partial charge in [0.15, 0.2) is 0 Å². The normalized spacial score (nSPS) is 17.4. The van der Waals surface area contributed by atoms with E-state index < -0.39 is 0 Å². The molecule has 1 fully saturated rings. The number of carbonyl (C=O) groups is 1. The highest BCUT2D eigenvalue weighted by molar-refractivity contribution is 6.04. The summed E-state index contributed by atoms with van der Waals surface area (Å²) in [4.78, 5) is 27.7. The van der Waals surface area contributed by atoms with Crippen molar-refractivity contribution in [3.8, 4) is 22.5 Å². The van der Waals surface area contributed by atoms with E-state index in [4.69, 9.17) is 9.72 Å². The molecule has 1 aromatic carbocycles. The second-order valence-corrected chi connectivity index (χ2v) is 9.39. The summed E-state index contributed by atoms with van der Waals surface area (Å²) in [6.45, 7) is 3.80. The molecule has 1 amide bonds. The number of rotatable bonds is 8. The monoisotopic (exact) mass is 488 g/mol. The van der Waals surface area contributed by atoms with Crippen molar-refractivity contribution in [2.24, 2.45) is 11.1 Å². The lowest BCUT2D eigenvalue weighted by atomic mass is 9.96. The first-order valence-corrected chi connectivity index (χ1v) is 12.5. The fourth-order valence-corrected chi connectivity index (χ4v) is 5.12. The van der Waals surface area contributed by atoms with Gasteiger partial charge in [-0.15, -0.1) is 0 Å². The Morgan fingerprint density at radius 3 is 2.75 bits per heavy atom. The number of H-pyrrole nitrogens is 1. The molecule has 0 bridgehead atoms. The summed E-state index contributed by atoms with van der Waals surface area (Å²) in [5, 5.41) is 15.8. The van der Waals surface area contributed by atoms with Crippen LogP contribution in [0.2, 0.25) is 0 Å². The lowest BCUT2D eigenvalue weighted by molar-refractivity contribution is -0.126. The van der Waals surface area contributed by atoms with Gasteiger partial charge in [0.1, 0.15) is 5.82 Å². The molecule has 5 rings (SSSR count). The second-order valence-electron chi connectivity index (χ2n) is 9.39. The van der Waals surface area contributed by atoms with Crippen LogP contribution in [-0.2, 0) is 22.5 Å². The zero-order valence-electron chi connectivity index (χ0n) is 20.5. The van der Waals surface area contributed by atoms with Crippen molar-refractivity contribution >= 4 is 11.6 Å². The van der Waals surface area contributed by atoms with E-state index in [1.165, 1.54) is 0 Å². The number of fused-ring (bicyclic) bond motifs is 1. The molecule has 2 aliphatic rings. The lowest BCUT2D eigenvalue weighted by Gasteiger charge is -2.30. The average molecular weight is 489 g/mol. The van der Waals surface area contributed by atoms with E-state index in [9.17, 15) is 10.0 Å². The van der Waals surface area contributed by atoms with Gasteiger partial charge in [0.05, 0.1) is 30.3 Å². The van der Waals surface area contributed by atoms with Crippen molar-refractivity contribution in [1.29, 1.82) is 0 Å². The molecule has 1 saturated heterocycles. The predicted molar refractivity (Wildman–Crippen MR) is 137 cm³/mol. The zero-order valence-corrected chi connectivity index (χ0v) is 20.5. The molecule has 9 heteroatoms. The molecule has 0 spiro atoms. The van der Waals surface area contributed by atoms with Crippen molar-refractivity contribution in [3.63, 3.8) is 0 Å². The third-order valence-electron chi connectivity index (χ3n) is 7.16. The number of pyridine rings is 1. The van der Waals surface area contributed by atoms with Crippen molar-refractivity contribution in [3.05, 3.63) is 59.7 Å². The van der Waals surface area contributed by atoms with E-state index in [0.717, 1.165) is 91.3 Å². The first-order valence-electron chi connectivity index (χ1n) is 12.5. The van der Waals surface area contributed by atoms with E-state index in [1.54, 1.807) is 19.5 Å². The van der Waals surface area contributed by atoms with Crippen LogP contribution >= 0.6 is 0 Å². The minimum Gasteiger partial charge on any atom is -0.411 e. The van der Waals surface area contributed by atoms with Crippen LogP contribution in [0.3, 0.4) is 0 Å². The number of hydrogen-bond acceptors (Lipinski definition) is 7. The SMILES string of the molecule is COCCN1CCC(C(=O)NCc2nc(-c3ccc4c(c3)CCC4=NO)c(-c3ccncc3)[nH]2)CC1. The molecule has 188 valence electrons. The van der Waals surface area contributed by atoms with Gasteiger partial charge in [0, 0.05) is 48.7 Å². The molecule has 9 nitrogen and oxygen atoms in total. The molecule has 0 radical (unpaired) electrons. The van der Waals surface area contributed by atoms with E-state index in [-0.39, 0.29) is 11.8 Å². The standard InChI is InChI=1S/C27H32N6O3/c1-36-15-14-33-12-8-19(9-13-33)27(34)29-17-24-30-25(18-6-10-28-11-7-18)26(31-24)21-2-4-22-20(16-21)3-5-23(22)32-35/h2,4,6-7,10-11,16,19,35H,3,5,8-9,12-15,17H2,1H3,(H,29,34)(H,30,31). The van der Waals surface area contributed by atoms with Crippen LogP contribution in [0.5, 0.6) is 0 Å². The Hall–Kier alpha value is -3.56. The van der Waals surface area contributed by atoms with E-state index >= 15 is 0 Å². The minimum atomic E-state index is 0.0250. The maximum atomic E-state index is 12.9. The van der Waals surface area contributed by atoms with Gasteiger partial charge in [0.2, 0.25) is 5.91 Å². The van der Waals surface area contributed by atoms with Crippen molar-refractivity contribution in [1.82, 2.24) is 25.2 Å². The number of likely N-dealkylation sites (tertiary alicyclic amines) is 1. The third kappa shape index (κ3) is 5.17. The highest BCUT2D eigenvalue weighted by atomic mass is 16.5. The highest BCUT2D eigenvalue weighted by Gasteiger charge is 2.25. The van der Waals surface area contributed by atoms with Crippen LogP contribution in [0.25, 0.3) is 22.5 Å². The van der Waals surface area contributed by atoms with Crippen molar-refractivity contribution in [2.45, 2.75) is 32.2 Å². The number of carbonyl (C=O) groups excluding carboxylic acids is 1. The Morgan fingerprint density at radius 2 is 2.00 bits per heavy atom. The van der Waals surface area contributed by atoms with E-state index in [2.05, 4.69) is 31.4 Å². The number of amides is 1. The molecule has 1 aliphatic carbocycles. The van der Waals surface area contributed by atoms with Gasteiger partial charge in [-0.3, -0.25) is 9.78 Å². The number of aromatic nitrogens is 3. The van der Waals surface area contributed by atoms with Crippen molar-refractivity contribution < 1.29 is 14.7 Å². The number of nitrogens with one attached hydrogen (secondary N) is 2. The maximum absolute atomic E-state index is 12.9. The summed E-state index contributed by atoms with van der Waals surface area (Å²) in [6.07, 6.45) is 6.80. The predicted octanol–water partition coefficient (Wildman–Crippen LogP) is 3.24. The largest absolute Gasteiger partial charge is 0.411 e.